The highest BCUT2D eigenvalue weighted by atomic mass is 32.2. The summed E-state index contributed by atoms with van der Waals surface area (Å²) in [5.41, 5.74) is 2.35. The Morgan fingerprint density at radius 1 is 1.04 bits per heavy atom. The van der Waals surface area contributed by atoms with Gasteiger partial charge in [-0.05, 0) is 30.3 Å². The maximum absolute atomic E-state index is 11.8. The molecule has 0 spiro atoms. The molecule has 6 nitrogen and oxygen atoms in total. The Morgan fingerprint density at radius 3 is 2.58 bits per heavy atom. The second kappa shape index (κ2) is 5.31. The van der Waals surface area contributed by atoms with Crippen molar-refractivity contribution in [3.63, 3.8) is 0 Å². The van der Waals surface area contributed by atoms with Crippen LogP contribution in [0.15, 0.2) is 59.6 Å². The quantitative estimate of drug-likeness (QED) is 0.599. The number of H-pyrrole nitrogens is 1. The van der Waals surface area contributed by atoms with E-state index in [0.717, 1.165) is 22.0 Å². The van der Waals surface area contributed by atoms with Crippen LogP contribution >= 0.6 is 0 Å². The van der Waals surface area contributed by atoms with Gasteiger partial charge in [0.25, 0.3) is 0 Å². The van der Waals surface area contributed by atoms with Crippen molar-refractivity contribution in [1.29, 1.82) is 0 Å². The molecule has 0 saturated heterocycles. The Hall–Kier alpha value is -2.93. The summed E-state index contributed by atoms with van der Waals surface area (Å²) in [6.07, 6.45) is 2.88. The van der Waals surface area contributed by atoms with Crippen molar-refractivity contribution in [2.24, 2.45) is 0 Å². The highest BCUT2D eigenvalue weighted by Gasteiger charge is 2.14. The molecule has 0 saturated carbocycles. The fourth-order valence-electron chi connectivity index (χ4n) is 2.65. The van der Waals surface area contributed by atoms with Gasteiger partial charge in [0.2, 0.25) is 0 Å². The number of nitrogens with one attached hydrogen (secondary N) is 2. The summed E-state index contributed by atoms with van der Waals surface area (Å²) in [6, 6.07) is 14.6. The third-order valence-electron chi connectivity index (χ3n) is 3.83. The number of rotatable bonds is 3. The van der Waals surface area contributed by atoms with Crippen molar-refractivity contribution < 1.29 is 8.42 Å². The van der Waals surface area contributed by atoms with Crippen LogP contribution in [-0.4, -0.2) is 29.9 Å². The van der Waals surface area contributed by atoms with Crippen LogP contribution in [0.3, 0.4) is 0 Å². The minimum atomic E-state index is -3.28. The van der Waals surface area contributed by atoms with Gasteiger partial charge in [0, 0.05) is 22.7 Å². The summed E-state index contributed by atoms with van der Waals surface area (Å²) in [5.74, 6) is 0.647. The van der Waals surface area contributed by atoms with E-state index in [1.807, 2.05) is 30.3 Å². The lowest BCUT2D eigenvalue weighted by molar-refractivity contribution is 0.602. The average Bonchev–Trinajstić information content (AvgIpc) is 3.05. The molecule has 4 aromatic rings. The first kappa shape index (κ1) is 14.6. The van der Waals surface area contributed by atoms with Crippen LogP contribution in [0.25, 0.3) is 21.8 Å². The molecule has 4 rings (SSSR count). The van der Waals surface area contributed by atoms with Crippen molar-refractivity contribution in [3.05, 3.63) is 54.7 Å². The van der Waals surface area contributed by atoms with E-state index >= 15 is 0 Å². The molecular formula is C17H14N4O2S. The minimum absolute atomic E-state index is 0.267. The third-order valence-corrected chi connectivity index (χ3v) is 4.94. The Kier molecular flexibility index (Phi) is 3.24. The monoisotopic (exact) mass is 338 g/mol. The predicted molar refractivity (Wildman–Crippen MR) is 94.2 cm³/mol. The van der Waals surface area contributed by atoms with Gasteiger partial charge >= 0.3 is 0 Å². The fraction of sp³-hybridized carbons (Fsp3) is 0.0588. The van der Waals surface area contributed by atoms with Crippen LogP contribution in [0, 0.1) is 0 Å². The zero-order chi connectivity index (χ0) is 16.7. The lowest BCUT2D eigenvalue weighted by Gasteiger charge is -2.09. The van der Waals surface area contributed by atoms with Crippen LogP contribution < -0.4 is 5.32 Å². The average molecular weight is 338 g/mol. The molecule has 2 heterocycles. The number of benzene rings is 2. The summed E-state index contributed by atoms with van der Waals surface area (Å²) >= 11 is 0. The molecule has 120 valence electrons. The molecule has 0 aliphatic carbocycles. The molecule has 0 radical (unpaired) electrons. The van der Waals surface area contributed by atoms with E-state index in [4.69, 9.17) is 0 Å². The number of nitrogens with zero attached hydrogens (tertiary/aromatic N) is 2. The van der Waals surface area contributed by atoms with Crippen LogP contribution in [0.2, 0.25) is 0 Å². The number of sulfone groups is 1. The fourth-order valence-corrected chi connectivity index (χ4v) is 3.30. The summed E-state index contributed by atoms with van der Waals surface area (Å²) in [7, 11) is -3.28. The van der Waals surface area contributed by atoms with Crippen molar-refractivity contribution in [1.82, 2.24) is 15.2 Å². The standard InChI is InChI=1S/C17H14N4O2S/c1-24(22,23)12-7-8-15-13(9-12)14-10-18-21-16(14)17(20-15)19-11-5-3-2-4-6-11/h2-10H,1H3,(H,18,21)(H,19,20). The number of aromatic amines is 1. The molecule has 2 aromatic carbocycles. The van der Waals surface area contributed by atoms with Crippen LogP contribution in [-0.2, 0) is 9.84 Å². The van der Waals surface area contributed by atoms with Crippen molar-refractivity contribution >= 4 is 43.1 Å². The zero-order valence-electron chi connectivity index (χ0n) is 12.8. The van der Waals surface area contributed by atoms with Gasteiger partial charge in [0.15, 0.2) is 15.7 Å². The molecule has 0 aliphatic heterocycles. The highest BCUT2D eigenvalue weighted by Crippen LogP contribution is 2.30. The van der Waals surface area contributed by atoms with Crippen LogP contribution in [0.5, 0.6) is 0 Å². The minimum Gasteiger partial charge on any atom is -0.338 e. The summed E-state index contributed by atoms with van der Waals surface area (Å²) < 4.78 is 23.6. The first-order chi connectivity index (χ1) is 11.5. The predicted octanol–water partition coefficient (Wildman–Crippen LogP) is 3.26. The van der Waals surface area contributed by atoms with Crippen LogP contribution in [0.1, 0.15) is 0 Å². The number of pyridine rings is 1. The number of hydrogen-bond acceptors (Lipinski definition) is 5. The normalized spacial score (nSPS) is 11.9. The largest absolute Gasteiger partial charge is 0.338 e. The molecule has 0 aliphatic rings. The van der Waals surface area contributed by atoms with E-state index in [9.17, 15) is 8.42 Å². The zero-order valence-corrected chi connectivity index (χ0v) is 13.6. The molecule has 0 amide bonds. The van der Waals surface area contributed by atoms with E-state index in [1.165, 1.54) is 6.26 Å². The Morgan fingerprint density at radius 2 is 1.83 bits per heavy atom. The van der Waals surface area contributed by atoms with Gasteiger partial charge in [0.05, 0.1) is 16.6 Å². The maximum atomic E-state index is 11.8. The van der Waals surface area contributed by atoms with E-state index < -0.39 is 9.84 Å². The van der Waals surface area contributed by atoms with Crippen molar-refractivity contribution in [3.8, 4) is 0 Å². The van der Waals surface area contributed by atoms with Gasteiger partial charge in [-0.3, -0.25) is 5.10 Å². The molecule has 7 heteroatoms. The van der Waals surface area contributed by atoms with Gasteiger partial charge in [-0.1, -0.05) is 18.2 Å². The molecule has 2 aromatic heterocycles. The van der Waals surface area contributed by atoms with E-state index in [1.54, 1.807) is 24.4 Å². The first-order valence-corrected chi connectivity index (χ1v) is 9.20. The number of para-hydroxylation sites is 1. The number of anilines is 2. The number of hydrogen-bond donors (Lipinski definition) is 2. The topological polar surface area (TPSA) is 87.7 Å². The second-order valence-electron chi connectivity index (χ2n) is 5.56. The summed E-state index contributed by atoms with van der Waals surface area (Å²) in [6.45, 7) is 0. The Balaban J connectivity index is 1.95. The highest BCUT2D eigenvalue weighted by molar-refractivity contribution is 7.90. The number of aromatic nitrogens is 3. The molecule has 0 atom stereocenters. The van der Waals surface area contributed by atoms with Gasteiger partial charge in [-0.15, -0.1) is 0 Å². The van der Waals surface area contributed by atoms with Gasteiger partial charge in [-0.25, -0.2) is 13.4 Å². The van der Waals surface area contributed by atoms with Crippen LogP contribution in [0.4, 0.5) is 11.5 Å². The Labute approximate surface area is 138 Å². The summed E-state index contributed by atoms with van der Waals surface area (Å²) in [5, 5.41) is 11.9. The summed E-state index contributed by atoms with van der Waals surface area (Å²) in [4.78, 5) is 4.88. The second-order valence-corrected chi connectivity index (χ2v) is 7.58. The molecular weight excluding hydrogens is 324 g/mol. The van der Waals surface area contributed by atoms with E-state index in [2.05, 4.69) is 20.5 Å². The SMILES string of the molecule is CS(=O)(=O)c1ccc2nc(Nc3ccccc3)c3[nH]ncc3c2c1. The van der Waals surface area contributed by atoms with E-state index in [-0.39, 0.29) is 4.90 Å². The maximum Gasteiger partial charge on any atom is 0.175 e. The Bertz CT molecular complexity index is 1150. The molecule has 2 N–H and O–H groups in total. The molecule has 0 bridgehead atoms. The van der Waals surface area contributed by atoms with E-state index in [0.29, 0.717) is 11.3 Å². The lowest BCUT2D eigenvalue weighted by atomic mass is 10.1. The molecule has 24 heavy (non-hydrogen) atoms. The van der Waals surface area contributed by atoms with Crippen molar-refractivity contribution in [2.75, 3.05) is 11.6 Å². The molecule has 0 unspecified atom stereocenters. The van der Waals surface area contributed by atoms with Gasteiger partial charge in [0.1, 0.15) is 5.52 Å². The smallest absolute Gasteiger partial charge is 0.175 e. The molecule has 0 fully saturated rings. The third kappa shape index (κ3) is 2.48. The van der Waals surface area contributed by atoms with Gasteiger partial charge in [-0.2, -0.15) is 5.10 Å². The number of fused-ring (bicyclic) bond motifs is 3. The lowest BCUT2D eigenvalue weighted by Crippen LogP contribution is -1.99. The first-order valence-electron chi connectivity index (χ1n) is 7.31. The van der Waals surface area contributed by atoms with Gasteiger partial charge < -0.3 is 5.32 Å². The van der Waals surface area contributed by atoms with Crippen molar-refractivity contribution in [2.45, 2.75) is 4.90 Å².